The molecule has 1 heterocycles. The Morgan fingerprint density at radius 2 is 1.87 bits per heavy atom. The van der Waals surface area contributed by atoms with Crippen molar-refractivity contribution in [3.05, 3.63) is 37.4 Å². The topological polar surface area (TPSA) is 140 Å². The number of fused-ring (bicyclic) bond motifs is 1. The van der Waals surface area contributed by atoms with E-state index in [-0.39, 0.29) is 21.7 Å². The number of hydrogen-bond acceptors (Lipinski definition) is 5. The number of hydrogen-bond donors (Lipinski definition) is 3. The molecular formula is C12H12ClN3O6S. The zero-order chi connectivity index (χ0) is 17.5. The van der Waals surface area contributed by atoms with E-state index in [0.717, 1.165) is 6.26 Å². The Labute approximate surface area is 134 Å². The minimum absolute atomic E-state index is 0.0492. The molecule has 0 atom stereocenters. The van der Waals surface area contributed by atoms with Crippen molar-refractivity contribution in [2.24, 2.45) is 0 Å². The number of rotatable bonds is 4. The maximum absolute atomic E-state index is 12.0. The lowest BCUT2D eigenvalue weighted by molar-refractivity contribution is -0.135. The Morgan fingerprint density at radius 3 is 2.39 bits per heavy atom. The van der Waals surface area contributed by atoms with Crippen LogP contribution in [0, 0.1) is 6.92 Å². The smallest absolute Gasteiger partial charge is 0.324 e. The van der Waals surface area contributed by atoms with E-state index in [1.54, 1.807) is 6.92 Å². The minimum Gasteiger partial charge on any atom is -0.480 e. The molecule has 9 nitrogen and oxygen atoms in total. The summed E-state index contributed by atoms with van der Waals surface area (Å²) >= 11 is 6.14. The van der Waals surface area contributed by atoms with E-state index in [4.69, 9.17) is 16.7 Å². The number of carboxylic acid groups (broad SMARTS) is 1. The van der Waals surface area contributed by atoms with Gasteiger partial charge in [-0.25, -0.2) is 8.42 Å². The predicted molar refractivity (Wildman–Crippen MR) is 84.8 cm³/mol. The molecule has 0 saturated carbocycles. The second-order valence-corrected chi connectivity index (χ2v) is 7.14. The van der Waals surface area contributed by atoms with Gasteiger partial charge in [0.05, 0.1) is 28.0 Å². The summed E-state index contributed by atoms with van der Waals surface area (Å²) in [6.07, 6.45) is 0.810. The molecule has 1 aromatic heterocycles. The van der Waals surface area contributed by atoms with Crippen LogP contribution in [0.5, 0.6) is 0 Å². The number of carbonyl (C=O) groups is 1. The third-order valence-corrected chi connectivity index (χ3v) is 4.63. The average Bonchev–Trinajstić information content (AvgIpc) is 2.40. The average molecular weight is 362 g/mol. The first-order valence-electron chi connectivity index (χ1n) is 6.17. The van der Waals surface area contributed by atoms with Crippen molar-refractivity contribution >= 4 is 44.3 Å². The first kappa shape index (κ1) is 17.0. The van der Waals surface area contributed by atoms with Crippen molar-refractivity contribution < 1.29 is 18.3 Å². The molecule has 11 heteroatoms. The van der Waals surface area contributed by atoms with Gasteiger partial charge in [0.1, 0.15) is 6.54 Å². The molecule has 0 aliphatic rings. The summed E-state index contributed by atoms with van der Waals surface area (Å²) in [6, 6.07) is 1.44. The van der Waals surface area contributed by atoms with Gasteiger partial charge in [-0.05, 0) is 18.6 Å². The fourth-order valence-corrected chi connectivity index (χ4v) is 3.23. The number of aromatic amines is 2. The highest BCUT2D eigenvalue weighted by Gasteiger charge is 2.26. The van der Waals surface area contributed by atoms with E-state index >= 15 is 0 Å². The molecule has 0 aliphatic heterocycles. The van der Waals surface area contributed by atoms with Gasteiger partial charge in [-0.2, -0.15) is 0 Å². The summed E-state index contributed by atoms with van der Waals surface area (Å²) in [5.74, 6) is -1.41. The number of aliphatic carboxylic acids is 1. The normalized spacial score (nSPS) is 11.6. The van der Waals surface area contributed by atoms with Crippen LogP contribution in [-0.4, -0.2) is 42.3 Å². The summed E-state index contributed by atoms with van der Waals surface area (Å²) in [4.78, 5) is 38.5. The Hall–Kier alpha value is -2.33. The molecule has 2 aromatic rings. The van der Waals surface area contributed by atoms with E-state index in [9.17, 15) is 22.8 Å². The van der Waals surface area contributed by atoms with Crippen LogP contribution in [0.15, 0.2) is 15.7 Å². The minimum atomic E-state index is -4.01. The fraction of sp³-hybridized carbons (Fsp3) is 0.250. The zero-order valence-electron chi connectivity index (χ0n) is 12.0. The first-order chi connectivity index (χ1) is 10.5. The van der Waals surface area contributed by atoms with Gasteiger partial charge in [-0.1, -0.05) is 11.6 Å². The van der Waals surface area contributed by atoms with Crippen LogP contribution in [0.2, 0.25) is 5.02 Å². The number of sulfonamides is 1. The number of nitrogens with one attached hydrogen (secondary N) is 2. The second-order valence-electron chi connectivity index (χ2n) is 4.85. The van der Waals surface area contributed by atoms with Crippen molar-refractivity contribution in [1.29, 1.82) is 0 Å². The molecule has 23 heavy (non-hydrogen) atoms. The molecule has 0 saturated heterocycles. The number of halogens is 1. The van der Waals surface area contributed by atoms with Crippen LogP contribution in [0.3, 0.4) is 0 Å². The summed E-state index contributed by atoms with van der Waals surface area (Å²) in [5.41, 5.74) is -1.69. The standard InChI is InChI=1S/C12H12ClN3O6S/c1-5-3-6-9(15-12(20)11(19)14-6)10(8(5)13)16(4-7(17)18)23(2,21)22/h3H,4H2,1-2H3,(H,14,19)(H,15,20)(H,17,18). The lowest BCUT2D eigenvalue weighted by Gasteiger charge is -2.23. The summed E-state index contributed by atoms with van der Waals surface area (Å²) in [5, 5.41) is 8.91. The molecule has 2 rings (SSSR count). The molecule has 1 aromatic carbocycles. The largest absolute Gasteiger partial charge is 0.480 e. The van der Waals surface area contributed by atoms with Gasteiger partial charge in [0.25, 0.3) is 0 Å². The third kappa shape index (κ3) is 3.22. The Bertz CT molecular complexity index is 1020. The molecule has 0 unspecified atom stereocenters. The first-order valence-corrected chi connectivity index (χ1v) is 8.40. The van der Waals surface area contributed by atoms with Gasteiger partial charge >= 0.3 is 17.1 Å². The lowest BCUT2D eigenvalue weighted by atomic mass is 10.1. The fourth-order valence-electron chi connectivity index (χ4n) is 2.07. The van der Waals surface area contributed by atoms with E-state index in [1.807, 2.05) is 0 Å². The summed E-state index contributed by atoms with van der Waals surface area (Å²) < 4.78 is 24.5. The highest BCUT2D eigenvalue weighted by atomic mass is 35.5. The molecule has 0 fully saturated rings. The van der Waals surface area contributed by atoms with Gasteiger partial charge in [-0.15, -0.1) is 0 Å². The number of aromatic nitrogens is 2. The van der Waals surface area contributed by atoms with E-state index < -0.39 is 33.7 Å². The number of H-pyrrole nitrogens is 2. The molecule has 0 bridgehead atoms. The van der Waals surface area contributed by atoms with Gasteiger partial charge < -0.3 is 15.1 Å². The molecule has 3 N–H and O–H groups in total. The molecule has 0 aliphatic carbocycles. The quantitative estimate of drug-likeness (QED) is 0.656. The molecular weight excluding hydrogens is 350 g/mol. The second kappa shape index (κ2) is 5.70. The summed E-state index contributed by atoms with van der Waals surface area (Å²) in [6.45, 7) is 0.661. The van der Waals surface area contributed by atoms with Crippen LogP contribution in [0.25, 0.3) is 11.0 Å². The van der Waals surface area contributed by atoms with Crippen LogP contribution in [-0.2, 0) is 14.8 Å². The van der Waals surface area contributed by atoms with Crippen molar-refractivity contribution in [2.45, 2.75) is 6.92 Å². The Kier molecular flexibility index (Phi) is 4.22. The number of anilines is 1. The van der Waals surface area contributed by atoms with Crippen molar-refractivity contribution in [3.63, 3.8) is 0 Å². The van der Waals surface area contributed by atoms with Crippen molar-refractivity contribution in [3.8, 4) is 0 Å². The van der Waals surface area contributed by atoms with Crippen LogP contribution in [0.1, 0.15) is 5.56 Å². The highest BCUT2D eigenvalue weighted by molar-refractivity contribution is 7.92. The van der Waals surface area contributed by atoms with Crippen molar-refractivity contribution in [2.75, 3.05) is 17.1 Å². The molecule has 124 valence electrons. The van der Waals surface area contributed by atoms with Gasteiger partial charge in [-0.3, -0.25) is 18.7 Å². The number of aryl methyl sites for hydroxylation is 1. The Balaban J connectivity index is 2.98. The predicted octanol–water partition coefficient (Wildman–Crippen LogP) is 0.0288. The molecule has 0 amide bonds. The van der Waals surface area contributed by atoms with E-state index in [2.05, 4.69) is 9.97 Å². The number of benzene rings is 1. The third-order valence-electron chi connectivity index (χ3n) is 3.04. The molecule has 0 radical (unpaired) electrons. The maximum atomic E-state index is 12.0. The number of carboxylic acids is 1. The van der Waals surface area contributed by atoms with Gasteiger partial charge in [0.2, 0.25) is 10.0 Å². The Morgan fingerprint density at radius 1 is 1.30 bits per heavy atom. The number of nitrogens with zero attached hydrogens (tertiary/aromatic N) is 1. The summed E-state index contributed by atoms with van der Waals surface area (Å²) in [7, 11) is -4.01. The van der Waals surface area contributed by atoms with Crippen LogP contribution >= 0.6 is 11.6 Å². The van der Waals surface area contributed by atoms with Gasteiger partial charge in [0, 0.05) is 0 Å². The molecule has 0 spiro atoms. The monoisotopic (exact) mass is 361 g/mol. The highest BCUT2D eigenvalue weighted by Crippen LogP contribution is 2.35. The van der Waals surface area contributed by atoms with Crippen molar-refractivity contribution in [1.82, 2.24) is 9.97 Å². The van der Waals surface area contributed by atoms with E-state index in [0.29, 0.717) is 9.87 Å². The lowest BCUT2D eigenvalue weighted by Crippen LogP contribution is -2.36. The van der Waals surface area contributed by atoms with Crippen LogP contribution in [0.4, 0.5) is 5.69 Å². The maximum Gasteiger partial charge on any atom is 0.324 e. The van der Waals surface area contributed by atoms with E-state index in [1.165, 1.54) is 6.07 Å². The van der Waals surface area contributed by atoms with Gasteiger partial charge in [0.15, 0.2) is 0 Å². The zero-order valence-corrected chi connectivity index (χ0v) is 13.6. The van der Waals surface area contributed by atoms with Crippen LogP contribution < -0.4 is 15.4 Å². The SMILES string of the molecule is Cc1cc2[nH]c(=O)c(=O)[nH]c2c(N(CC(=O)O)S(C)(=O)=O)c1Cl.